The molecule has 0 fully saturated rings. The minimum atomic E-state index is -0.438. The number of benzene rings is 1. The fourth-order valence-corrected chi connectivity index (χ4v) is 1.30. The number of rotatable bonds is 4. The summed E-state index contributed by atoms with van der Waals surface area (Å²) in [5.41, 5.74) is 1.76. The Bertz CT molecular complexity index is 377. The van der Waals surface area contributed by atoms with Gasteiger partial charge in [-0.2, -0.15) is 0 Å². The summed E-state index contributed by atoms with van der Waals surface area (Å²) in [5, 5.41) is 0. The molecule has 0 radical (unpaired) electrons. The minimum Gasteiger partial charge on any atom is -0.457 e. The Labute approximate surface area is 95.4 Å². The second-order valence-electron chi connectivity index (χ2n) is 3.98. The van der Waals surface area contributed by atoms with Crippen LogP contribution in [0.15, 0.2) is 24.3 Å². The van der Waals surface area contributed by atoms with Gasteiger partial charge in [0, 0.05) is 12.5 Å². The van der Waals surface area contributed by atoms with E-state index >= 15 is 0 Å². The largest absolute Gasteiger partial charge is 0.457 e. The molecular weight excluding hydrogens is 204 g/mol. The quantitative estimate of drug-likeness (QED) is 0.578. The molecule has 16 heavy (non-hydrogen) atoms. The van der Waals surface area contributed by atoms with Crippen molar-refractivity contribution in [1.29, 1.82) is 0 Å². The Balaban J connectivity index is 2.66. The Morgan fingerprint density at radius 2 is 1.75 bits per heavy atom. The predicted octanol–water partition coefficient (Wildman–Crippen LogP) is 2.56. The summed E-state index contributed by atoms with van der Waals surface area (Å²) in [6, 6.07) is 7.37. The Morgan fingerprint density at radius 1 is 1.19 bits per heavy atom. The van der Waals surface area contributed by atoms with Crippen molar-refractivity contribution in [3.05, 3.63) is 35.4 Å². The molecule has 3 heteroatoms. The summed E-state index contributed by atoms with van der Waals surface area (Å²) < 4.78 is 4.65. The van der Waals surface area contributed by atoms with Gasteiger partial charge < -0.3 is 4.74 Å². The van der Waals surface area contributed by atoms with Gasteiger partial charge in [-0.3, -0.25) is 9.59 Å². The lowest BCUT2D eigenvalue weighted by Crippen LogP contribution is -2.11. The number of carbonyl (C=O) groups is 2. The standard InChI is InChI=1S/C13H16O3/c1-9(2)11-4-6-12(7-5-11)13(15)8-16-10(3)14/h4-7,9H,8H2,1-3H3. The smallest absolute Gasteiger partial charge is 0.303 e. The van der Waals surface area contributed by atoms with E-state index in [1.54, 1.807) is 12.1 Å². The fraction of sp³-hybridized carbons (Fsp3) is 0.385. The third-order valence-electron chi connectivity index (χ3n) is 2.31. The van der Waals surface area contributed by atoms with Gasteiger partial charge in [0.05, 0.1) is 0 Å². The van der Waals surface area contributed by atoms with Gasteiger partial charge in [0.1, 0.15) is 0 Å². The molecule has 0 bridgehead atoms. The van der Waals surface area contributed by atoms with Crippen LogP contribution in [-0.2, 0) is 9.53 Å². The molecule has 0 saturated carbocycles. The lowest BCUT2D eigenvalue weighted by atomic mass is 10.0. The summed E-state index contributed by atoms with van der Waals surface area (Å²) in [6.07, 6.45) is 0. The maximum Gasteiger partial charge on any atom is 0.303 e. The summed E-state index contributed by atoms with van der Waals surface area (Å²) in [6.45, 7) is 5.29. The highest BCUT2D eigenvalue weighted by molar-refractivity contribution is 5.97. The second-order valence-corrected chi connectivity index (χ2v) is 3.98. The molecular formula is C13H16O3. The lowest BCUT2D eigenvalue weighted by Gasteiger charge is -2.06. The molecule has 0 aliphatic carbocycles. The van der Waals surface area contributed by atoms with Crippen LogP contribution in [-0.4, -0.2) is 18.4 Å². The molecule has 0 N–H and O–H groups in total. The highest BCUT2D eigenvalue weighted by Gasteiger charge is 2.08. The van der Waals surface area contributed by atoms with Crippen LogP contribution < -0.4 is 0 Å². The molecule has 0 amide bonds. The van der Waals surface area contributed by atoms with Crippen LogP contribution in [0, 0.1) is 0 Å². The molecule has 0 aromatic heterocycles. The molecule has 0 unspecified atom stereocenters. The van der Waals surface area contributed by atoms with E-state index in [4.69, 9.17) is 0 Å². The van der Waals surface area contributed by atoms with E-state index in [9.17, 15) is 9.59 Å². The number of carbonyl (C=O) groups excluding carboxylic acids is 2. The minimum absolute atomic E-state index is 0.175. The Morgan fingerprint density at radius 3 is 2.19 bits per heavy atom. The monoisotopic (exact) mass is 220 g/mol. The maximum absolute atomic E-state index is 11.6. The van der Waals surface area contributed by atoms with E-state index in [0.717, 1.165) is 0 Å². The predicted molar refractivity (Wildman–Crippen MR) is 61.5 cm³/mol. The van der Waals surface area contributed by atoms with Gasteiger partial charge in [-0.25, -0.2) is 0 Å². The second kappa shape index (κ2) is 5.45. The van der Waals surface area contributed by atoms with Crippen molar-refractivity contribution in [2.24, 2.45) is 0 Å². The van der Waals surface area contributed by atoms with Gasteiger partial charge in [0.25, 0.3) is 0 Å². The number of ketones is 1. The van der Waals surface area contributed by atoms with Gasteiger partial charge >= 0.3 is 5.97 Å². The average molecular weight is 220 g/mol. The normalized spacial score (nSPS) is 10.2. The van der Waals surface area contributed by atoms with Crippen LogP contribution in [0.4, 0.5) is 0 Å². The molecule has 0 aliphatic rings. The van der Waals surface area contributed by atoms with Crippen molar-refractivity contribution in [2.45, 2.75) is 26.7 Å². The van der Waals surface area contributed by atoms with Crippen LogP contribution in [0.1, 0.15) is 42.6 Å². The first-order chi connectivity index (χ1) is 7.50. The van der Waals surface area contributed by atoms with Crippen molar-refractivity contribution >= 4 is 11.8 Å². The van der Waals surface area contributed by atoms with Crippen LogP contribution in [0.25, 0.3) is 0 Å². The Kier molecular flexibility index (Phi) is 4.23. The number of Topliss-reactive ketones (excluding diaryl/α,β-unsaturated/α-hetero) is 1. The van der Waals surface area contributed by atoms with E-state index < -0.39 is 5.97 Å². The topological polar surface area (TPSA) is 43.4 Å². The number of ether oxygens (including phenoxy) is 1. The molecule has 1 rings (SSSR count). The van der Waals surface area contributed by atoms with Crippen LogP contribution >= 0.6 is 0 Å². The lowest BCUT2D eigenvalue weighted by molar-refractivity contribution is -0.139. The highest BCUT2D eigenvalue weighted by atomic mass is 16.5. The summed E-state index contributed by atoms with van der Waals surface area (Å²) in [5.74, 6) is -0.171. The average Bonchev–Trinajstić information content (AvgIpc) is 2.26. The summed E-state index contributed by atoms with van der Waals surface area (Å²) in [7, 11) is 0. The van der Waals surface area contributed by atoms with E-state index in [1.165, 1.54) is 12.5 Å². The molecule has 0 heterocycles. The summed E-state index contributed by atoms with van der Waals surface area (Å²) in [4.78, 5) is 22.1. The first-order valence-electron chi connectivity index (χ1n) is 5.27. The van der Waals surface area contributed by atoms with E-state index in [2.05, 4.69) is 18.6 Å². The zero-order valence-electron chi connectivity index (χ0n) is 9.82. The zero-order valence-corrected chi connectivity index (χ0v) is 9.82. The van der Waals surface area contributed by atoms with Crippen molar-refractivity contribution in [2.75, 3.05) is 6.61 Å². The fourth-order valence-electron chi connectivity index (χ4n) is 1.30. The van der Waals surface area contributed by atoms with Crippen molar-refractivity contribution < 1.29 is 14.3 Å². The van der Waals surface area contributed by atoms with Gasteiger partial charge in [0.15, 0.2) is 12.4 Å². The van der Waals surface area contributed by atoms with E-state index in [-0.39, 0.29) is 12.4 Å². The molecule has 1 aromatic rings. The van der Waals surface area contributed by atoms with E-state index in [0.29, 0.717) is 11.5 Å². The molecule has 86 valence electrons. The molecule has 0 spiro atoms. The number of esters is 1. The Hall–Kier alpha value is -1.64. The van der Waals surface area contributed by atoms with Crippen molar-refractivity contribution in [3.8, 4) is 0 Å². The SMILES string of the molecule is CC(=O)OCC(=O)c1ccc(C(C)C)cc1. The first-order valence-corrected chi connectivity index (χ1v) is 5.27. The third-order valence-corrected chi connectivity index (χ3v) is 2.31. The molecule has 0 saturated heterocycles. The van der Waals surface area contributed by atoms with Gasteiger partial charge in [-0.05, 0) is 11.5 Å². The molecule has 3 nitrogen and oxygen atoms in total. The van der Waals surface area contributed by atoms with Crippen molar-refractivity contribution in [1.82, 2.24) is 0 Å². The third kappa shape index (κ3) is 3.50. The summed E-state index contributed by atoms with van der Waals surface area (Å²) >= 11 is 0. The highest BCUT2D eigenvalue weighted by Crippen LogP contribution is 2.14. The van der Waals surface area contributed by atoms with Crippen molar-refractivity contribution in [3.63, 3.8) is 0 Å². The first kappa shape index (κ1) is 12.4. The molecule has 0 aliphatic heterocycles. The van der Waals surface area contributed by atoms with Gasteiger partial charge in [-0.15, -0.1) is 0 Å². The van der Waals surface area contributed by atoms with Crippen LogP contribution in [0.2, 0.25) is 0 Å². The number of hydrogen-bond acceptors (Lipinski definition) is 3. The number of hydrogen-bond donors (Lipinski definition) is 0. The van der Waals surface area contributed by atoms with Crippen LogP contribution in [0.3, 0.4) is 0 Å². The van der Waals surface area contributed by atoms with Gasteiger partial charge in [-0.1, -0.05) is 38.1 Å². The van der Waals surface area contributed by atoms with Crippen LogP contribution in [0.5, 0.6) is 0 Å². The maximum atomic E-state index is 11.6. The van der Waals surface area contributed by atoms with E-state index in [1.807, 2.05) is 12.1 Å². The molecule has 0 atom stereocenters. The molecule has 1 aromatic carbocycles. The zero-order chi connectivity index (χ0) is 12.1. The van der Waals surface area contributed by atoms with Gasteiger partial charge in [0.2, 0.25) is 0 Å².